The molecule has 0 radical (unpaired) electrons. The predicted molar refractivity (Wildman–Crippen MR) is 55.5 cm³/mol. The van der Waals surface area contributed by atoms with Crippen LogP contribution in [0.5, 0.6) is 0 Å². The molecule has 78 valence electrons. The van der Waals surface area contributed by atoms with Gasteiger partial charge in [0.2, 0.25) is 0 Å². The number of rotatable bonds is 4. The van der Waals surface area contributed by atoms with E-state index in [1.54, 1.807) is 0 Å². The van der Waals surface area contributed by atoms with E-state index in [0.717, 1.165) is 12.8 Å². The third-order valence-corrected chi connectivity index (χ3v) is 3.47. The Bertz CT molecular complexity index is 331. The molecule has 4 nitrogen and oxygen atoms in total. The maximum absolute atomic E-state index is 10.6. The van der Waals surface area contributed by atoms with E-state index < -0.39 is 11.5 Å². The SMILES string of the molecule is CCC(N)(CC)c1nc(C(=O)O)cs1. The van der Waals surface area contributed by atoms with Crippen LogP contribution in [-0.4, -0.2) is 16.1 Å². The van der Waals surface area contributed by atoms with Gasteiger partial charge < -0.3 is 10.8 Å². The molecule has 0 saturated heterocycles. The summed E-state index contributed by atoms with van der Waals surface area (Å²) in [6.45, 7) is 3.96. The Kier molecular flexibility index (Phi) is 3.23. The maximum atomic E-state index is 10.6. The van der Waals surface area contributed by atoms with Crippen molar-refractivity contribution >= 4 is 17.3 Å². The van der Waals surface area contributed by atoms with Crippen molar-refractivity contribution < 1.29 is 9.90 Å². The number of nitrogens with zero attached hydrogens (tertiary/aromatic N) is 1. The minimum atomic E-state index is -0.998. The first-order valence-corrected chi connectivity index (χ1v) is 5.39. The highest BCUT2D eigenvalue weighted by molar-refractivity contribution is 7.10. The van der Waals surface area contributed by atoms with Gasteiger partial charge >= 0.3 is 5.97 Å². The van der Waals surface area contributed by atoms with Gasteiger partial charge in [0.15, 0.2) is 5.69 Å². The van der Waals surface area contributed by atoms with E-state index in [2.05, 4.69) is 4.98 Å². The van der Waals surface area contributed by atoms with Crippen molar-refractivity contribution in [3.63, 3.8) is 0 Å². The second-order valence-electron chi connectivity index (χ2n) is 3.21. The summed E-state index contributed by atoms with van der Waals surface area (Å²) in [4.78, 5) is 14.6. The normalized spacial score (nSPS) is 11.6. The molecule has 0 aromatic carbocycles. The van der Waals surface area contributed by atoms with Gasteiger partial charge in [-0.05, 0) is 12.8 Å². The fraction of sp³-hybridized carbons (Fsp3) is 0.556. The van der Waals surface area contributed by atoms with Crippen molar-refractivity contribution in [1.29, 1.82) is 0 Å². The van der Waals surface area contributed by atoms with Crippen molar-refractivity contribution in [1.82, 2.24) is 4.98 Å². The number of carboxylic acid groups (broad SMARTS) is 1. The van der Waals surface area contributed by atoms with Crippen LogP contribution in [0.2, 0.25) is 0 Å². The molecule has 0 aliphatic rings. The first-order chi connectivity index (χ1) is 6.53. The van der Waals surface area contributed by atoms with Gasteiger partial charge in [0.1, 0.15) is 5.01 Å². The Morgan fingerprint density at radius 3 is 2.57 bits per heavy atom. The Hall–Kier alpha value is -0.940. The fourth-order valence-electron chi connectivity index (χ4n) is 1.15. The molecule has 3 N–H and O–H groups in total. The van der Waals surface area contributed by atoms with Crippen molar-refractivity contribution in [3.8, 4) is 0 Å². The average molecular weight is 214 g/mol. The zero-order chi connectivity index (χ0) is 10.8. The summed E-state index contributed by atoms with van der Waals surface area (Å²) in [6.07, 6.45) is 1.52. The minimum Gasteiger partial charge on any atom is -0.476 e. The molecule has 14 heavy (non-hydrogen) atoms. The standard InChI is InChI=1S/C9H14N2O2S/c1-3-9(10,4-2)8-11-6(5-14-8)7(12)13/h5H,3-4,10H2,1-2H3,(H,12,13). The van der Waals surface area contributed by atoms with E-state index in [0.29, 0.717) is 5.01 Å². The van der Waals surface area contributed by atoms with Crippen LogP contribution in [0.4, 0.5) is 0 Å². The van der Waals surface area contributed by atoms with Gasteiger partial charge in [0, 0.05) is 5.38 Å². The van der Waals surface area contributed by atoms with Gasteiger partial charge in [-0.1, -0.05) is 13.8 Å². The fourth-order valence-corrected chi connectivity index (χ4v) is 2.20. The number of aromatic carboxylic acids is 1. The molecule has 1 aromatic rings. The number of hydrogen-bond acceptors (Lipinski definition) is 4. The highest BCUT2D eigenvalue weighted by Gasteiger charge is 2.27. The lowest BCUT2D eigenvalue weighted by Gasteiger charge is -2.23. The van der Waals surface area contributed by atoms with Crippen LogP contribution in [0.15, 0.2) is 5.38 Å². The smallest absolute Gasteiger partial charge is 0.355 e. The number of aromatic nitrogens is 1. The van der Waals surface area contributed by atoms with Crippen LogP contribution in [0.3, 0.4) is 0 Å². The molecular formula is C9H14N2O2S. The van der Waals surface area contributed by atoms with Crippen molar-refractivity contribution in [2.45, 2.75) is 32.2 Å². The molecular weight excluding hydrogens is 200 g/mol. The minimum absolute atomic E-state index is 0.0849. The number of thiazole rings is 1. The Morgan fingerprint density at radius 1 is 1.64 bits per heavy atom. The average Bonchev–Trinajstić information content (AvgIpc) is 2.66. The zero-order valence-electron chi connectivity index (χ0n) is 8.28. The summed E-state index contributed by atoms with van der Waals surface area (Å²) in [5.74, 6) is -0.998. The van der Waals surface area contributed by atoms with Crippen molar-refractivity contribution in [2.24, 2.45) is 5.73 Å². The van der Waals surface area contributed by atoms with Crippen LogP contribution in [0.1, 0.15) is 42.2 Å². The van der Waals surface area contributed by atoms with Crippen LogP contribution in [0.25, 0.3) is 0 Å². The molecule has 0 fully saturated rings. The molecule has 0 aliphatic carbocycles. The monoisotopic (exact) mass is 214 g/mol. The van der Waals surface area contributed by atoms with E-state index >= 15 is 0 Å². The molecule has 0 unspecified atom stereocenters. The van der Waals surface area contributed by atoms with Gasteiger partial charge in [-0.25, -0.2) is 9.78 Å². The Labute approximate surface area is 86.8 Å². The topological polar surface area (TPSA) is 76.2 Å². The van der Waals surface area contributed by atoms with Crippen LogP contribution in [-0.2, 0) is 5.54 Å². The quantitative estimate of drug-likeness (QED) is 0.801. The summed E-state index contributed by atoms with van der Waals surface area (Å²) in [7, 11) is 0. The summed E-state index contributed by atoms with van der Waals surface area (Å²) >= 11 is 1.32. The van der Waals surface area contributed by atoms with Crippen molar-refractivity contribution in [2.75, 3.05) is 0 Å². The first-order valence-electron chi connectivity index (χ1n) is 4.51. The molecule has 0 bridgehead atoms. The third-order valence-electron chi connectivity index (χ3n) is 2.41. The highest BCUT2D eigenvalue weighted by Crippen LogP contribution is 2.28. The molecule has 0 saturated carbocycles. The predicted octanol–water partition coefficient (Wildman–Crippen LogP) is 1.82. The van der Waals surface area contributed by atoms with E-state index in [4.69, 9.17) is 10.8 Å². The molecule has 5 heteroatoms. The van der Waals surface area contributed by atoms with Gasteiger partial charge in [-0.15, -0.1) is 11.3 Å². The molecule has 0 amide bonds. The lowest BCUT2D eigenvalue weighted by atomic mass is 9.95. The van der Waals surface area contributed by atoms with Gasteiger partial charge in [-0.3, -0.25) is 0 Å². The molecule has 0 aliphatic heterocycles. The molecule has 1 aromatic heterocycles. The summed E-state index contributed by atoms with van der Waals surface area (Å²) in [6, 6.07) is 0. The lowest BCUT2D eigenvalue weighted by Crippen LogP contribution is -2.35. The number of carbonyl (C=O) groups is 1. The number of hydrogen-bond donors (Lipinski definition) is 2. The van der Waals surface area contributed by atoms with E-state index in [9.17, 15) is 4.79 Å². The zero-order valence-corrected chi connectivity index (χ0v) is 9.10. The summed E-state index contributed by atoms with van der Waals surface area (Å²) in [5, 5.41) is 11.0. The number of carboxylic acids is 1. The summed E-state index contributed by atoms with van der Waals surface area (Å²) in [5.41, 5.74) is 5.70. The molecule has 1 rings (SSSR count). The molecule has 0 spiro atoms. The number of nitrogens with two attached hydrogens (primary N) is 1. The van der Waals surface area contributed by atoms with Gasteiger partial charge in [0.25, 0.3) is 0 Å². The van der Waals surface area contributed by atoms with E-state index in [1.807, 2.05) is 13.8 Å². The third kappa shape index (κ3) is 1.93. The van der Waals surface area contributed by atoms with Crippen LogP contribution < -0.4 is 5.73 Å². The maximum Gasteiger partial charge on any atom is 0.355 e. The van der Waals surface area contributed by atoms with E-state index in [1.165, 1.54) is 16.7 Å². The Morgan fingerprint density at radius 2 is 2.21 bits per heavy atom. The molecule has 1 heterocycles. The van der Waals surface area contributed by atoms with Crippen molar-refractivity contribution in [3.05, 3.63) is 16.1 Å². The second kappa shape index (κ2) is 4.06. The molecule has 0 atom stereocenters. The second-order valence-corrected chi connectivity index (χ2v) is 4.06. The van der Waals surface area contributed by atoms with E-state index in [-0.39, 0.29) is 5.69 Å². The van der Waals surface area contributed by atoms with Gasteiger partial charge in [0.05, 0.1) is 5.54 Å². The van der Waals surface area contributed by atoms with Crippen LogP contribution >= 0.6 is 11.3 Å². The van der Waals surface area contributed by atoms with Crippen LogP contribution in [0, 0.1) is 0 Å². The largest absolute Gasteiger partial charge is 0.476 e. The summed E-state index contributed by atoms with van der Waals surface area (Å²) < 4.78 is 0. The Balaban J connectivity index is 3.01. The lowest BCUT2D eigenvalue weighted by molar-refractivity contribution is 0.0691. The highest BCUT2D eigenvalue weighted by atomic mass is 32.1. The van der Waals surface area contributed by atoms with Gasteiger partial charge in [-0.2, -0.15) is 0 Å². The first kappa shape index (κ1) is 11.1.